The van der Waals surface area contributed by atoms with Crippen molar-refractivity contribution >= 4 is 69.1 Å². The molecule has 7 atom stereocenters. The second-order valence-corrected chi connectivity index (χ2v) is 22.0. The Kier molecular flexibility index (Phi) is 26.1. The first-order valence-corrected chi connectivity index (χ1v) is 28.1. The van der Waals surface area contributed by atoms with Crippen molar-refractivity contribution in [1.29, 1.82) is 0 Å². The lowest BCUT2D eigenvalue weighted by Gasteiger charge is -2.30. The fraction of sp³-hybridized carbons (Fsp3) is 0.659. The number of nitrogens with zero attached hydrogens (tertiary/aromatic N) is 4. The summed E-state index contributed by atoms with van der Waals surface area (Å²) in [7, 11) is -16.4. The van der Waals surface area contributed by atoms with Crippen LogP contribution < -0.4 is 16.4 Å². The van der Waals surface area contributed by atoms with Gasteiger partial charge in [-0.1, -0.05) is 94.7 Å². The molecule has 0 aliphatic carbocycles. The first-order valence-electron chi connectivity index (χ1n) is 22.6. The maximum atomic E-state index is 12.7. The van der Waals surface area contributed by atoms with Crippen molar-refractivity contribution in [1.82, 2.24) is 30.2 Å². The zero-order valence-electron chi connectivity index (χ0n) is 39.0. The molecule has 3 rings (SSSR count). The highest BCUT2D eigenvalue weighted by atomic mass is 32.2. The highest BCUT2D eigenvalue weighted by Crippen LogP contribution is 2.61. The Labute approximate surface area is 405 Å². The number of aliphatic hydroxyl groups excluding tert-OH is 2. The maximum absolute atomic E-state index is 12.7. The number of unbranched alkanes of at least 4 members (excludes halogenated alkanes) is 7. The first kappa shape index (κ1) is 60.1. The number of anilines is 1. The Morgan fingerprint density at radius 1 is 0.884 bits per heavy atom. The van der Waals surface area contributed by atoms with E-state index in [1.807, 2.05) is 0 Å². The molecule has 1 fully saturated rings. The predicted octanol–water partition coefficient (Wildman–Crippen LogP) is 5.03. The van der Waals surface area contributed by atoms with Gasteiger partial charge in [-0.05, 0) is 44.9 Å². The number of aliphatic hydroxyl groups is 2. The highest BCUT2D eigenvalue weighted by Gasteiger charge is 2.50. The summed E-state index contributed by atoms with van der Waals surface area (Å²) >= 11 is 1.14. The Balaban J connectivity index is 1.29. The number of hydrogen-bond acceptors (Lipinski definition) is 18. The van der Waals surface area contributed by atoms with Crippen molar-refractivity contribution in [3.05, 3.63) is 49.1 Å². The Hall–Kier alpha value is -3.22. The van der Waals surface area contributed by atoms with E-state index in [0.29, 0.717) is 12.2 Å². The summed E-state index contributed by atoms with van der Waals surface area (Å²) in [5.74, 6) is -1.05. The lowest BCUT2D eigenvalue weighted by Crippen LogP contribution is -2.46. The molecule has 1 aliphatic heterocycles. The van der Waals surface area contributed by atoms with Crippen LogP contribution in [-0.2, 0) is 50.7 Å². The lowest BCUT2D eigenvalue weighted by molar-refractivity contribution is -0.137. The van der Waals surface area contributed by atoms with Gasteiger partial charge in [0.1, 0.15) is 36.3 Å². The van der Waals surface area contributed by atoms with E-state index < -0.39 is 84.6 Å². The lowest BCUT2D eigenvalue weighted by atomic mass is 9.87. The average molecular weight is 1060 g/mol. The van der Waals surface area contributed by atoms with E-state index >= 15 is 0 Å². The summed E-state index contributed by atoms with van der Waals surface area (Å²) in [6.07, 6.45) is 18.5. The smallest absolute Gasteiger partial charge is 0.386 e. The number of carbonyl (C=O) groups excluding carboxylic acids is 3. The number of fused-ring (bicyclic) bond motifs is 1. The third kappa shape index (κ3) is 22.8. The number of ether oxygens (including phenoxy) is 1. The van der Waals surface area contributed by atoms with Crippen LogP contribution in [0.3, 0.4) is 0 Å². The van der Waals surface area contributed by atoms with Gasteiger partial charge >= 0.3 is 23.5 Å². The number of allylic oxidation sites excluding steroid dienone is 6. The number of thioether (sulfide) groups is 1. The van der Waals surface area contributed by atoms with Crippen LogP contribution in [0.2, 0.25) is 0 Å². The van der Waals surface area contributed by atoms with E-state index in [4.69, 9.17) is 19.5 Å². The van der Waals surface area contributed by atoms with Crippen LogP contribution >= 0.6 is 35.2 Å². The molecule has 390 valence electrons. The SMILES string of the molecule is CCCCC/C=C\C/C=C\C/C=C\CCCCCCC(=O)SCCNC(=O)CCNC(=O)[C@H](O)C(C)(C)COP(=O)(O)OP(=O)(O)OC[C@H]1O[C@@H](n2cnc3c(N)ncnc32)[C@H](O)[C@@H]1OP(=O)(O)O. The second-order valence-electron chi connectivity index (χ2n) is 16.6. The number of nitrogens with two attached hydrogens (primary N) is 1. The molecule has 0 spiro atoms. The van der Waals surface area contributed by atoms with Crippen LogP contribution in [0.5, 0.6) is 0 Å². The van der Waals surface area contributed by atoms with Crippen molar-refractivity contribution in [2.75, 3.05) is 37.8 Å². The number of carbonyl (C=O) groups is 3. The zero-order chi connectivity index (χ0) is 51.1. The number of phosphoric acid groups is 3. The maximum Gasteiger partial charge on any atom is 0.481 e. The van der Waals surface area contributed by atoms with Crippen molar-refractivity contribution in [3.8, 4) is 0 Å². The summed E-state index contributed by atoms with van der Waals surface area (Å²) in [6, 6.07) is 0. The van der Waals surface area contributed by atoms with Gasteiger partial charge in [0.05, 0.1) is 19.5 Å². The number of rotatable bonds is 34. The molecule has 2 aromatic rings. The number of nitrogens with one attached hydrogen (secondary N) is 2. The molecule has 3 heterocycles. The fourth-order valence-corrected chi connectivity index (χ4v) is 10.1. The summed E-state index contributed by atoms with van der Waals surface area (Å²) in [6.45, 7) is 2.75. The fourth-order valence-electron chi connectivity index (χ4n) is 6.54. The molecule has 10 N–H and O–H groups in total. The number of hydrogen-bond donors (Lipinski definition) is 9. The van der Waals surface area contributed by atoms with Crippen LogP contribution in [0.1, 0.15) is 110 Å². The summed E-state index contributed by atoms with van der Waals surface area (Å²) in [4.78, 5) is 88.4. The van der Waals surface area contributed by atoms with Gasteiger partial charge in [-0.2, -0.15) is 4.31 Å². The predicted molar refractivity (Wildman–Crippen MR) is 256 cm³/mol. The molecule has 69 heavy (non-hydrogen) atoms. The molecule has 24 nitrogen and oxygen atoms in total. The molecule has 1 saturated heterocycles. The average Bonchev–Trinajstić information content (AvgIpc) is 3.84. The molecule has 2 amide bonds. The normalized spacial score (nSPS) is 20.2. The number of imidazole rings is 1. The van der Waals surface area contributed by atoms with E-state index in [0.717, 1.165) is 80.4 Å². The zero-order valence-corrected chi connectivity index (χ0v) is 42.5. The van der Waals surface area contributed by atoms with Crippen LogP contribution in [0, 0.1) is 5.41 Å². The Morgan fingerprint density at radius 2 is 1.52 bits per heavy atom. The van der Waals surface area contributed by atoms with Crippen molar-refractivity contribution in [3.63, 3.8) is 0 Å². The van der Waals surface area contributed by atoms with Crippen molar-refractivity contribution < 1.29 is 80.5 Å². The largest absolute Gasteiger partial charge is 0.481 e. The molecular weight excluding hydrogens is 987 g/mol. The minimum atomic E-state index is -5.58. The number of aromatic nitrogens is 4. The van der Waals surface area contributed by atoms with Gasteiger partial charge < -0.3 is 50.9 Å². The minimum Gasteiger partial charge on any atom is -0.386 e. The molecule has 1 aliphatic rings. The van der Waals surface area contributed by atoms with Crippen molar-refractivity contribution in [2.24, 2.45) is 5.41 Å². The molecule has 0 saturated carbocycles. The van der Waals surface area contributed by atoms with Crippen LogP contribution in [0.4, 0.5) is 5.82 Å². The molecule has 0 bridgehead atoms. The molecule has 2 aromatic heterocycles. The third-order valence-corrected chi connectivity index (χ3v) is 14.3. The monoisotopic (exact) mass is 1060 g/mol. The first-order chi connectivity index (χ1) is 32.6. The van der Waals surface area contributed by atoms with Gasteiger partial charge in [0.15, 0.2) is 22.8 Å². The molecular formula is C41H68N7O17P3S. The van der Waals surface area contributed by atoms with Gasteiger partial charge in [-0.25, -0.2) is 28.6 Å². The third-order valence-electron chi connectivity index (χ3n) is 10.3. The number of amides is 2. The second kappa shape index (κ2) is 30.0. The summed E-state index contributed by atoms with van der Waals surface area (Å²) in [5.41, 5.74) is 4.28. The molecule has 28 heteroatoms. The van der Waals surface area contributed by atoms with Crippen molar-refractivity contribution in [2.45, 2.75) is 135 Å². The van der Waals surface area contributed by atoms with E-state index in [9.17, 15) is 57.9 Å². The Bertz CT molecular complexity index is 2170. The molecule has 0 aromatic carbocycles. The Morgan fingerprint density at radius 3 is 2.19 bits per heavy atom. The highest BCUT2D eigenvalue weighted by molar-refractivity contribution is 8.13. The molecule has 2 unspecified atom stereocenters. The van der Waals surface area contributed by atoms with E-state index in [1.54, 1.807) is 0 Å². The van der Waals surface area contributed by atoms with Gasteiger partial charge in [-0.3, -0.25) is 32.5 Å². The molecule has 0 radical (unpaired) electrons. The topological polar surface area (TPSA) is 364 Å². The van der Waals surface area contributed by atoms with E-state index in [1.165, 1.54) is 33.1 Å². The van der Waals surface area contributed by atoms with Crippen LogP contribution in [0.25, 0.3) is 11.2 Å². The van der Waals surface area contributed by atoms with E-state index in [2.05, 4.69) is 77.8 Å². The summed E-state index contributed by atoms with van der Waals surface area (Å²) in [5, 5.41) is 26.6. The minimum absolute atomic E-state index is 0.0317. The quantitative estimate of drug-likeness (QED) is 0.0252. The number of phosphoric ester groups is 3. The van der Waals surface area contributed by atoms with Gasteiger partial charge in [0.2, 0.25) is 11.8 Å². The van der Waals surface area contributed by atoms with Crippen LogP contribution in [-0.4, -0.2) is 123 Å². The van der Waals surface area contributed by atoms with Gasteiger partial charge in [0.25, 0.3) is 0 Å². The van der Waals surface area contributed by atoms with Crippen LogP contribution in [0.15, 0.2) is 49.1 Å². The van der Waals surface area contributed by atoms with Gasteiger partial charge in [-0.15, -0.1) is 0 Å². The van der Waals surface area contributed by atoms with E-state index in [-0.39, 0.29) is 41.6 Å². The summed E-state index contributed by atoms with van der Waals surface area (Å²) < 4.78 is 62.4. The van der Waals surface area contributed by atoms with Gasteiger partial charge in [0, 0.05) is 37.1 Å². The number of nitrogen functional groups attached to an aromatic ring is 1. The standard InChI is InChI=1S/C41H68N7O17P3S/c1-4-5-6-7-8-9-10-11-12-13-14-15-16-17-18-19-20-21-32(50)69-25-24-43-31(49)22-23-44-39(53)36(52)41(2,3)27-62-68(59,60)65-67(57,58)61-26-30-35(64-66(54,55)56)34(51)40(63-30)48-29-47-33-37(42)45-28-46-38(33)48/h8-9,11-12,14-15,28-30,34-36,40,51-52H,4-7,10,13,16-27H2,1-3H3,(H,43,49)(H,44,53)(H,57,58)(H,59,60)(H2,42,45,46)(H2,54,55,56)/b9-8-,12-11-,15-14-/t30-,34-,35-,36+,40-/m1/s1.